The highest BCUT2D eigenvalue weighted by molar-refractivity contribution is 5.81. The summed E-state index contributed by atoms with van der Waals surface area (Å²) >= 11 is 0. The number of hydrogen-bond acceptors (Lipinski definition) is 1. The molecule has 1 amide bonds. The molecule has 0 aromatic rings. The van der Waals surface area contributed by atoms with Gasteiger partial charge in [-0.25, -0.2) is 0 Å². The van der Waals surface area contributed by atoms with Crippen molar-refractivity contribution in [3.8, 4) is 0 Å². The van der Waals surface area contributed by atoms with Gasteiger partial charge in [-0.3, -0.25) is 4.79 Å². The molecule has 14 heavy (non-hydrogen) atoms. The number of fused-ring (bicyclic) bond motifs is 1. The third-order valence-electron chi connectivity index (χ3n) is 4.88. The van der Waals surface area contributed by atoms with Crippen molar-refractivity contribution in [2.75, 3.05) is 0 Å². The van der Waals surface area contributed by atoms with E-state index < -0.39 is 0 Å². The molecule has 0 aliphatic heterocycles. The Labute approximate surface area is 85.2 Å². The molecule has 2 atom stereocenters. The Morgan fingerprint density at radius 1 is 1.00 bits per heavy atom. The van der Waals surface area contributed by atoms with Gasteiger partial charge in [0.2, 0.25) is 5.91 Å². The van der Waals surface area contributed by atoms with Gasteiger partial charge >= 0.3 is 0 Å². The van der Waals surface area contributed by atoms with Crippen LogP contribution in [0.3, 0.4) is 0 Å². The zero-order chi connectivity index (χ0) is 9.76. The summed E-state index contributed by atoms with van der Waals surface area (Å²) in [4.78, 5) is 11.6. The highest BCUT2D eigenvalue weighted by Crippen LogP contribution is 2.57. The molecular weight excluding hydrogens is 174 g/mol. The van der Waals surface area contributed by atoms with E-state index in [0.29, 0.717) is 0 Å². The van der Waals surface area contributed by atoms with E-state index in [0.717, 1.165) is 37.0 Å². The van der Waals surface area contributed by atoms with Crippen molar-refractivity contribution in [1.82, 2.24) is 0 Å². The summed E-state index contributed by atoms with van der Waals surface area (Å²) in [5.74, 6) is 2.45. The van der Waals surface area contributed by atoms with Crippen LogP contribution in [0.2, 0.25) is 0 Å². The van der Waals surface area contributed by atoms with E-state index in [1.807, 2.05) is 0 Å². The predicted molar refractivity (Wildman–Crippen MR) is 54.4 cm³/mol. The van der Waals surface area contributed by atoms with Crippen molar-refractivity contribution in [2.45, 2.75) is 44.9 Å². The molecular formula is C12H19NO. The Kier molecular flexibility index (Phi) is 1.71. The van der Waals surface area contributed by atoms with Crippen LogP contribution in [-0.4, -0.2) is 5.91 Å². The molecule has 2 N–H and O–H groups in total. The Morgan fingerprint density at radius 2 is 1.50 bits per heavy atom. The lowest BCUT2D eigenvalue weighted by molar-refractivity contribution is -0.135. The smallest absolute Gasteiger partial charge is 0.223 e. The Morgan fingerprint density at radius 3 is 2.00 bits per heavy atom. The molecule has 0 unspecified atom stereocenters. The lowest BCUT2D eigenvalue weighted by Gasteiger charge is -2.46. The minimum atomic E-state index is -0.0764. The minimum Gasteiger partial charge on any atom is -0.369 e. The van der Waals surface area contributed by atoms with Gasteiger partial charge in [-0.05, 0) is 49.9 Å². The number of nitrogens with two attached hydrogens (primary N) is 1. The number of carbonyl (C=O) groups excluding carboxylic acids is 1. The van der Waals surface area contributed by atoms with Crippen LogP contribution < -0.4 is 5.73 Å². The molecule has 4 saturated carbocycles. The van der Waals surface area contributed by atoms with Gasteiger partial charge in [0.15, 0.2) is 0 Å². The quantitative estimate of drug-likeness (QED) is 0.680. The van der Waals surface area contributed by atoms with E-state index in [1.54, 1.807) is 0 Å². The largest absolute Gasteiger partial charge is 0.369 e. The van der Waals surface area contributed by atoms with Crippen LogP contribution in [-0.2, 0) is 4.79 Å². The van der Waals surface area contributed by atoms with Gasteiger partial charge in [-0.2, -0.15) is 0 Å². The molecule has 4 aliphatic rings. The zero-order valence-electron chi connectivity index (χ0n) is 8.67. The Balaban J connectivity index is 1.97. The summed E-state index contributed by atoms with van der Waals surface area (Å²) in [5, 5.41) is 0. The lowest BCUT2D eigenvalue weighted by Crippen LogP contribution is -2.46. The molecule has 4 bridgehead atoms. The Bertz CT molecular complexity index is 257. The van der Waals surface area contributed by atoms with Gasteiger partial charge in [0.1, 0.15) is 0 Å². The number of carbonyl (C=O) groups is 1. The average molecular weight is 193 g/mol. The maximum absolute atomic E-state index is 11.6. The second-order valence-electron chi connectivity index (χ2n) is 5.90. The average Bonchev–Trinajstić information content (AvgIpc) is 2.32. The topological polar surface area (TPSA) is 43.1 Å². The van der Waals surface area contributed by atoms with Crippen molar-refractivity contribution < 1.29 is 4.79 Å². The SMILES string of the molecule is NC(=O)C12CC3C[C@H](CC[C@@H](C3)C1)C2. The molecule has 0 spiro atoms. The fourth-order valence-electron chi connectivity index (χ4n) is 4.49. The Hall–Kier alpha value is -0.530. The third-order valence-corrected chi connectivity index (χ3v) is 4.88. The van der Waals surface area contributed by atoms with Gasteiger partial charge in [0.05, 0.1) is 0 Å². The summed E-state index contributed by atoms with van der Waals surface area (Å²) in [7, 11) is 0. The van der Waals surface area contributed by atoms with Gasteiger partial charge in [0.25, 0.3) is 0 Å². The number of amides is 1. The van der Waals surface area contributed by atoms with Crippen molar-refractivity contribution in [3.05, 3.63) is 0 Å². The molecule has 4 aliphatic carbocycles. The van der Waals surface area contributed by atoms with E-state index in [9.17, 15) is 4.79 Å². The van der Waals surface area contributed by atoms with Gasteiger partial charge in [-0.15, -0.1) is 0 Å². The lowest BCUT2D eigenvalue weighted by atomic mass is 9.58. The van der Waals surface area contributed by atoms with Gasteiger partial charge in [-0.1, -0.05) is 12.8 Å². The number of hydrogen-bond donors (Lipinski definition) is 1. The van der Waals surface area contributed by atoms with Gasteiger partial charge in [0, 0.05) is 5.41 Å². The first-order valence-electron chi connectivity index (χ1n) is 5.98. The number of rotatable bonds is 1. The second kappa shape index (κ2) is 2.74. The van der Waals surface area contributed by atoms with E-state index in [2.05, 4.69) is 0 Å². The van der Waals surface area contributed by atoms with Crippen molar-refractivity contribution >= 4 is 5.91 Å². The molecule has 4 rings (SSSR count). The highest BCUT2D eigenvalue weighted by atomic mass is 16.1. The van der Waals surface area contributed by atoms with Crippen LogP contribution in [0, 0.1) is 23.2 Å². The van der Waals surface area contributed by atoms with Crippen LogP contribution >= 0.6 is 0 Å². The van der Waals surface area contributed by atoms with Crippen LogP contribution in [0.15, 0.2) is 0 Å². The van der Waals surface area contributed by atoms with Crippen LogP contribution in [0.5, 0.6) is 0 Å². The second-order valence-corrected chi connectivity index (χ2v) is 5.90. The monoisotopic (exact) mass is 193 g/mol. The summed E-state index contributed by atoms with van der Waals surface area (Å²) in [6.45, 7) is 0. The first kappa shape index (κ1) is 8.75. The zero-order valence-corrected chi connectivity index (χ0v) is 8.67. The van der Waals surface area contributed by atoms with E-state index in [4.69, 9.17) is 5.73 Å². The van der Waals surface area contributed by atoms with Crippen molar-refractivity contribution in [3.63, 3.8) is 0 Å². The van der Waals surface area contributed by atoms with E-state index in [1.165, 1.54) is 25.7 Å². The van der Waals surface area contributed by atoms with Crippen molar-refractivity contribution in [1.29, 1.82) is 0 Å². The van der Waals surface area contributed by atoms with Crippen LogP contribution in [0.4, 0.5) is 0 Å². The summed E-state index contributed by atoms with van der Waals surface area (Å²) in [6, 6.07) is 0. The molecule has 4 fully saturated rings. The molecule has 78 valence electrons. The van der Waals surface area contributed by atoms with Crippen molar-refractivity contribution in [2.24, 2.45) is 28.9 Å². The van der Waals surface area contributed by atoms with Crippen LogP contribution in [0.25, 0.3) is 0 Å². The van der Waals surface area contributed by atoms with Gasteiger partial charge < -0.3 is 5.73 Å². The first-order chi connectivity index (χ1) is 6.68. The number of primary amides is 1. The summed E-state index contributed by atoms with van der Waals surface area (Å²) < 4.78 is 0. The third kappa shape index (κ3) is 1.12. The molecule has 2 nitrogen and oxygen atoms in total. The normalized spacial score (nSPS) is 50.4. The predicted octanol–water partition coefficient (Wildman–Crippen LogP) is 2.08. The van der Waals surface area contributed by atoms with E-state index in [-0.39, 0.29) is 11.3 Å². The summed E-state index contributed by atoms with van der Waals surface area (Å²) in [6.07, 6.45) is 8.80. The maximum atomic E-state index is 11.6. The molecule has 0 aromatic carbocycles. The maximum Gasteiger partial charge on any atom is 0.223 e. The summed E-state index contributed by atoms with van der Waals surface area (Å²) in [5.41, 5.74) is 5.55. The highest BCUT2D eigenvalue weighted by Gasteiger charge is 2.51. The molecule has 0 saturated heterocycles. The molecule has 2 heteroatoms. The fraction of sp³-hybridized carbons (Fsp3) is 0.917. The van der Waals surface area contributed by atoms with Crippen LogP contribution in [0.1, 0.15) is 44.9 Å². The first-order valence-corrected chi connectivity index (χ1v) is 5.98. The van der Waals surface area contributed by atoms with E-state index >= 15 is 0 Å². The standard InChI is InChI=1S/C12H19NO/c13-11(14)12-5-8-1-2-9(6-12)4-10(3-8)7-12/h8-10H,1-7H2,(H2,13,14)/t8-,9-,10?,12?/m0/s1. The molecule has 0 heterocycles. The molecule has 0 aromatic heterocycles. The fourth-order valence-corrected chi connectivity index (χ4v) is 4.49. The molecule has 0 radical (unpaired) electrons. The minimum absolute atomic E-state index is 0.00111.